The summed E-state index contributed by atoms with van der Waals surface area (Å²) in [4.78, 5) is 11.7. The first-order valence-corrected chi connectivity index (χ1v) is 6.71. The summed E-state index contributed by atoms with van der Waals surface area (Å²) >= 11 is 0. The predicted octanol–water partition coefficient (Wildman–Crippen LogP) is 3.20. The van der Waals surface area contributed by atoms with Crippen LogP contribution in [0.5, 0.6) is 0 Å². The molecule has 106 valence electrons. The number of carbonyl (C=O) groups excluding carboxylic acids is 1. The van der Waals surface area contributed by atoms with E-state index in [2.05, 4.69) is 16.0 Å². The van der Waals surface area contributed by atoms with Crippen LogP contribution in [0.4, 0.5) is 5.69 Å². The fraction of sp³-hybridized carbons (Fsp3) is 0.312. The molecule has 0 saturated heterocycles. The van der Waals surface area contributed by atoms with Crippen LogP contribution in [0, 0.1) is 0 Å². The number of aromatic nitrogens is 1. The Balaban J connectivity index is 1.95. The summed E-state index contributed by atoms with van der Waals surface area (Å²) in [5, 5.41) is 3.32. The molecular formula is C16H20N2O2. The van der Waals surface area contributed by atoms with Crippen molar-refractivity contribution in [1.29, 1.82) is 0 Å². The van der Waals surface area contributed by atoms with Gasteiger partial charge in [-0.2, -0.15) is 0 Å². The van der Waals surface area contributed by atoms with E-state index in [1.54, 1.807) is 12.1 Å². The molecule has 1 aromatic carbocycles. The van der Waals surface area contributed by atoms with Gasteiger partial charge in [0.15, 0.2) is 0 Å². The lowest BCUT2D eigenvalue weighted by molar-refractivity contribution is 0.0378. The average molecular weight is 272 g/mol. The first kappa shape index (κ1) is 14.2. The summed E-state index contributed by atoms with van der Waals surface area (Å²) in [5.74, 6) is -0.283. The molecule has 0 fully saturated rings. The largest absolute Gasteiger partial charge is 0.459 e. The lowest BCUT2D eigenvalue weighted by Crippen LogP contribution is -2.11. The number of carbonyl (C=O) groups is 1. The molecule has 0 saturated carbocycles. The molecule has 0 atom stereocenters. The lowest BCUT2D eigenvalue weighted by atomic mass is 10.2. The fourth-order valence-corrected chi connectivity index (χ4v) is 1.88. The van der Waals surface area contributed by atoms with Crippen molar-refractivity contribution in [2.75, 3.05) is 5.32 Å². The molecular weight excluding hydrogens is 252 g/mol. The van der Waals surface area contributed by atoms with Crippen LogP contribution in [0.15, 0.2) is 42.6 Å². The number of benzene rings is 1. The standard InChI is InChI=1S/C16H20N2O2/c1-12(2)20-16(19)13-6-8-14(9-7-13)17-11-15-5-4-10-18(15)3/h4-10,12,17H,11H2,1-3H3. The van der Waals surface area contributed by atoms with Crippen molar-refractivity contribution in [3.8, 4) is 0 Å². The van der Waals surface area contributed by atoms with Crippen LogP contribution in [0.3, 0.4) is 0 Å². The summed E-state index contributed by atoms with van der Waals surface area (Å²) in [6.45, 7) is 4.43. The second kappa shape index (κ2) is 6.28. The third kappa shape index (κ3) is 3.63. The van der Waals surface area contributed by atoms with Gasteiger partial charge in [-0.15, -0.1) is 0 Å². The second-order valence-electron chi connectivity index (χ2n) is 5.00. The number of ether oxygens (including phenoxy) is 1. The molecule has 2 aromatic rings. The molecule has 0 spiro atoms. The van der Waals surface area contributed by atoms with Crippen molar-refractivity contribution < 1.29 is 9.53 Å². The lowest BCUT2D eigenvalue weighted by Gasteiger charge is -2.10. The first-order chi connectivity index (χ1) is 9.56. The summed E-state index contributed by atoms with van der Waals surface area (Å²) < 4.78 is 7.22. The Kier molecular flexibility index (Phi) is 4.45. The number of anilines is 1. The van der Waals surface area contributed by atoms with Crippen LogP contribution in [-0.2, 0) is 18.3 Å². The van der Waals surface area contributed by atoms with Crippen LogP contribution in [0.2, 0.25) is 0 Å². The van der Waals surface area contributed by atoms with Crippen LogP contribution in [-0.4, -0.2) is 16.6 Å². The van der Waals surface area contributed by atoms with Gasteiger partial charge in [-0.25, -0.2) is 4.79 Å². The van der Waals surface area contributed by atoms with E-state index in [4.69, 9.17) is 4.74 Å². The third-order valence-electron chi connectivity index (χ3n) is 2.99. The van der Waals surface area contributed by atoms with Gasteiger partial charge in [0.1, 0.15) is 0 Å². The molecule has 0 aliphatic heterocycles. The van der Waals surface area contributed by atoms with E-state index in [0.29, 0.717) is 5.56 Å². The SMILES string of the molecule is CC(C)OC(=O)c1ccc(NCc2cccn2C)cc1. The van der Waals surface area contributed by atoms with Crippen molar-refractivity contribution in [2.45, 2.75) is 26.5 Å². The molecule has 1 heterocycles. The van der Waals surface area contributed by atoms with Gasteiger partial charge in [0.05, 0.1) is 18.2 Å². The zero-order chi connectivity index (χ0) is 14.5. The minimum atomic E-state index is -0.283. The molecule has 0 aliphatic rings. The maximum Gasteiger partial charge on any atom is 0.338 e. The van der Waals surface area contributed by atoms with Gasteiger partial charge < -0.3 is 14.6 Å². The van der Waals surface area contributed by atoms with Gasteiger partial charge in [0.25, 0.3) is 0 Å². The maximum atomic E-state index is 11.7. The van der Waals surface area contributed by atoms with E-state index < -0.39 is 0 Å². The molecule has 0 aliphatic carbocycles. The predicted molar refractivity (Wildman–Crippen MR) is 79.7 cm³/mol. The van der Waals surface area contributed by atoms with E-state index in [1.165, 1.54) is 5.69 Å². The monoisotopic (exact) mass is 272 g/mol. The Labute approximate surface area is 119 Å². The van der Waals surface area contributed by atoms with Crippen molar-refractivity contribution in [2.24, 2.45) is 7.05 Å². The zero-order valence-corrected chi connectivity index (χ0v) is 12.1. The van der Waals surface area contributed by atoms with Gasteiger partial charge in [-0.1, -0.05) is 0 Å². The maximum absolute atomic E-state index is 11.7. The van der Waals surface area contributed by atoms with Gasteiger partial charge in [0, 0.05) is 24.6 Å². The molecule has 0 radical (unpaired) electrons. The molecule has 0 bridgehead atoms. The molecule has 2 rings (SSSR count). The van der Waals surface area contributed by atoms with Crippen molar-refractivity contribution >= 4 is 11.7 Å². The average Bonchev–Trinajstić information content (AvgIpc) is 2.82. The summed E-state index contributed by atoms with van der Waals surface area (Å²) in [5.41, 5.74) is 2.75. The van der Waals surface area contributed by atoms with Crippen molar-refractivity contribution in [3.05, 3.63) is 53.9 Å². The van der Waals surface area contributed by atoms with Gasteiger partial charge >= 0.3 is 5.97 Å². The van der Waals surface area contributed by atoms with Crippen molar-refractivity contribution in [3.63, 3.8) is 0 Å². The molecule has 1 N–H and O–H groups in total. The highest BCUT2D eigenvalue weighted by Gasteiger charge is 2.08. The first-order valence-electron chi connectivity index (χ1n) is 6.71. The normalized spacial score (nSPS) is 10.6. The Bertz CT molecular complexity index is 570. The summed E-state index contributed by atoms with van der Waals surface area (Å²) in [6, 6.07) is 11.4. The zero-order valence-electron chi connectivity index (χ0n) is 12.1. The van der Waals surface area contributed by atoms with Crippen LogP contribution in [0.25, 0.3) is 0 Å². The minimum absolute atomic E-state index is 0.0994. The molecule has 0 unspecified atom stereocenters. The van der Waals surface area contributed by atoms with E-state index in [-0.39, 0.29) is 12.1 Å². The Morgan fingerprint density at radius 2 is 1.95 bits per heavy atom. The smallest absolute Gasteiger partial charge is 0.338 e. The highest BCUT2D eigenvalue weighted by atomic mass is 16.5. The van der Waals surface area contributed by atoms with Gasteiger partial charge in [-0.05, 0) is 50.2 Å². The van der Waals surface area contributed by atoms with Crippen LogP contribution in [0.1, 0.15) is 29.9 Å². The summed E-state index contributed by atoms with van der Waals surface area (Å²) in [6.07, 6.45) is 1.92. The number of aryl methyl sites for hydroxylation is 1. The van der Waals surface area contributed by atoms with E-state index in [0.717, 1.165) is 12.2 Å². The van der Waals surface area contributed by atoms with Crippen LogP contribution < -0.4 is 5.32 Å². The number of hydrogen-bond donors (Lipinski definition) is 1. The quantitative estimate of drug-likeness (QED) is 0.850. The van der Waals surface area contributed by atoms with E-state index in [1.807, 2.05) is 45.3 Å². The summed E-state index contributed by atoms with van der Waals surface area (Å²) in [7, 11) is 2.02. The number of rotatable bonds is 5. The molecule has 0 amide bonds. The number of esters is 1. The third-order valence-corrected chi connectivity index (χ3v) is 2.99. The van der Waals surface area contributed by atoms with Crippen molar-refractivity contribution in [1.82, 2.24) is 4.57 Å². The van der Waals surface area contributed by atoms with E-state index in [9.17, 15) is 4.79 Å². The highest BCUT2D eigenvalue weighted by Crippen LogP contribution is 2.12. The second-order valence-corrected chi connectivity index (χ2v) is 5.00. The Morgan fingerprint density at radius 3 is 2.50 bits per heavy atom. The Hall–Kier alpha value is -2.23. The van der Waals surface area contributed by atoms with Crippen LogP contribution >= 0.6 is 0 Å². The number of nitrogens with zero attached hydrogens (tertiary/aromatic N) is 1. The molecule has 1 aromatic heterocycles. The number of hydrogen-bond acceptors (Lipinski definition) is 3. The minimum Gasteiger partial charge on any atom is -0.459 e. The molecule has 4 heteroatoms. The topological polar surface area (TPSA) is 43.3 Å². The molecule has 4 nitrogen and oxygen atoms in total. The van der Waals surface area contributed by atoms with Gasteiger partial charge in [0.2, 0.25) is 0 Å². The fourth-order valence-electron chi connectivity index (χ4n) is 1.88. The van der Waals surface area contributed by atoms with E-state index >= 15 is 0 Å². The van der Waals surface area contributed by atoms with Gasteiger partial charge in [-0.3, -0.25) is 0 Å². The molecule has 20 heavy (non-hydrogen) atoms. The Morgan fingerprint density at radius 1 is 1.25 bits per heavy atom. The number of nitrogens with one attached hydrogen (secondary N) is 1. The highest BCUT2D eigenvalue weighted by molar-refractivity contribution is 5.89.